The van der Waals surface area contributed by atoms with Crippen LogP contribution in [-0.2, 0) is 4.79 Å². The fraction of sp³-hybridized carbons (Fsp3) is 0.588. The van der Waals surface area contributed by atoms with Crippen LogP contribution in [0.4, 0.5) is 0 Å². The highest BCUT2D eigenvalue weighted by Crippen LogP contribution is 2.21. The molecule has 0 radical (unpaired) electrons. The average molecular weight is 293 g/mol. The zero-order valence-corrected chi connectivity index (χ0v) is 13.6. The van der Waals surface area contributed by atoms with Gasteiger partial charge in [0, 0.05) is 19.7 Å². The molecule has 0 aliphatic carbocycles. The first-order chi connectivity index (χ1) is 9.99. The number of unbranched alkanes of at least 4 members (excludes halogenated alkanes) is 1. The third-order valence-electron chi connectivity index (χ3n) is 3.52. The number of rotatable bonds is 8. The van der Waals surface area contributed by atoms with Crippen LogP contribution in [0.3, 0.4) is 0 Å². The topological polar surface area (TPSA) is 49.8 Å². The third-order valence-corrected chi connectivity index (χ3v) is 3.52. The molecule has 21 heavy (non-hydrogen) atoms. The van der Waals surface area contributed by atoms with Gasteiger partial charge in [-0.1, -0.05) is 12.1 Å². The Labute approximate surface area is 127 Å². The Morgan fingerprint density at radius 2 is 2.05 bits per heavy atom. The van der Waals surface area contributed by atoms with E-state index in [1.165, 1.54) is 0 Å². The van der Waals surface area contributed by atoms with Crippen LogP contribution in [-0.4, -0.2) is 41.7 Å². The first-order valence-corrected chi connectivity index (χ1v) is 7.63. The Hall–Kier alpha value is -1.55. The summed E-state index contributed by atoms with van der Waals surface area (Å²) < 4.78 is 5.84. The summed E-state index contributed by atoms with van der Waals surface area (Å²) in [5.74, 6) is 0.763. The predicted molar refractivity (Wildman–Crippen MR) is 84.6 cm³/mol. The van der Waals surface area contributed by atoms with E-state index in [2.05, 4.69) is 0 Å². The molecule has 0 aromatic heterocycles. The van der Waals surface area contributed by atoms with E-state index in [4.69, 9.17) is 9.84 Å². The number of hydrogen-bond donors (Lipinski definition) is 1. The van der Waals surface area contributed by atoms with E-state index in [1.807, 2.05) is 39.0 Å². The molecule has 4 heteroatoms. The lowest BCUT2D eigenvalue weighted by atomic mass is 10.1. The summed E-state index contributed by atoms with van der Waals surface area (Å²) in [7, 11) is 0. The minimum Gasteiger partial charge on any atom is -0.481 e. The lowest BCUT2D eigenvalue weighted by Gasteiger charge is -2.25. The van der Waals surface area contributed by atoms with Crippen molar-refractivity contribution >= 4 is 5.91 Å². The van der Waals surface area contributed by atoms with Gasteiger partial charge in [0.15, 0.2) is 6.10 Å². The van der Waals surface area contributed by atoms with Crippen molar-refractivity contribution in [2.45, 2.75) is 46.6 Å². The van der Waals surface area contributed by atoms with Crippen molar-refractivity contribution in [3.05, 3.63) is 29.3 Å². The molecule has 0 unspecified atom stereocenters. The van der Waals surface area contributed by atoms with Crippen molar-refractivity contribution in [2.24, 2.45) is 0 Å². The van der Waals surface area contributed by atoms with E-state index < -0.39 is 6.10 Å². The van der Waals surface area contributed by atoms with E-state index in [1.54, 1.807) is 11.8 Å². The largest absolute Gasteiger partial charge is 0.481 e. The van der Waals surface area contributed by atoms with Gasteiger partial charge >= 0.3 is 0 Å². The summed E-state index contributed by atoms with van der Waals surface area (Å²) >= 11 is 0. The highest BCUT2D eigenvalue weighted by molar-refractivity contribution is 5.80. The maximum absolute atomic E-state index is 12.4. The quantitative estimate of drug-likeness (QED) is 0.750. The van der Waals surface area contributed by atoms with Gasteiger partial charge in [0.05, 0.1) is 0 Å². The monoisotopic (exact) mass is 293 g/mol. The standard InChI is InChI=1S/C17H27NO3/c1-5-18(10-6-7-11-19)17(20)15(4)21-16-12-13(2)8-9-14(16)3/h8-9,12,15,19H,5-7,10-11H2,1-4H3/t15-/m0/s1. The van der Waals surface area contributed by atoms with Gasteiger partial charge in [-0.2, -0.15) is 0 Å². The smallest absolute Gasteiger partial charge is 0.263 e. The lowest BCUT2D eigenvalue weighted by Crippen LogP contribution is -2.41. The van der Waals surface area contributed by atoms with E-state index in [0.717, 1.165) is 29.7 Å². The van der Waals surface area contributed by atoms with Crippen LogP contribution in [0.1, 0.15) is 37.8 Å². The lowest BCUT2D eigenvalue weighted by molar-refractivity contribution is -0.137. The molecule has 1 atom stereocenters. The first-order valence-electron chi connectivity index (χ1n) is 7.63. The van der Waals surface area contributed by atoms with Crippen molar-refractivity contribution in [3.8, 4) is 5.75 Å². The van der Waals surface area contributed by atoms with Crippen molar-refractivity contribution in [3.63, 3.8) is 0 Å². The molecule has 1 aromatic rings. The van der Waals surface area contributed by atoms with Gasteiger partial charge in [0.25, 0.3) is 5.91 Å². The molecule has 0 spiro atoms. The number of aliphatic hydroxyl groups excluding tert-OH is 1. The fourth-order valence-corrected chi connectivity index (χ4v) is 2.17. The number of carbonyl (C=O) groups excluding carboxylic acids is 1. The molecule has 0 saturated carbocycles. The Bertz CT molecular complexity index is 459. The van der Waals surface area contributed by atoms with Crippen molar-refractivity contribution in [1.82, 2.24) is 4.90 Å². The maximum Gasteiger partial charge on any atom is 0.263 e. The number of aryl methyl sites for hydroxylation is 2. The van der Waals surface area contributed by atoms with Crippen LogP contribution in [0.5, 0.6) is 5.75 Å². The number of amides is 1. The summed E-state index contributed by atoms with van der Waals surface area (Å²) in [5.41, 5.74) is 2.15. The summed E-state index contributed by atoms with van der Waals surface area (Å²) in [4.78, 5) is 14.2. The summed E-state index contributed by atoms with van der Waals surface area (Å²) in [6, 6.07) is 5.99. The van der Waals surface area contributed by atoms with E-state index in [9.17, 15) is 4.79 Å². The molecule has 4 nitrogen and oxygen atoms in total. The SMILES string of the molecule is CCN(CCCCO)C(=O)[C@H](C)Oc1cc(C)ccc1C. The third kappa shape index (κ3) is 5.38. The van der Waals surface area contributed by atoms with Gasteiger partial charge in [-0.3, -0.25) is 4.79 Å². The zero-order chi connectivity index (χ0) is 15.8. The van der Waals surface area contributed by atoms with Crippen molar-refractivity contribution in [1.29, 1.82) is 0 Å². The number of aliphatic hydroxyl groups is 1. The summed E-state index contributed by atoms with van der Waals surface area (Å²) in [6.45, 7) is 9.22. The number of nitrogens with zero attached hydrogens (tertiary/aromatic N) is 1. The molecule has 1 rings (SSSR count). The van der Waals surface area contributed by atoms with Gasteiger partial charge in [0.1, 0.15) is 5.75 Å². The fourth-order valence-electron chi connectivity index (χ4n) is 2.17. The molecule has 118 valence electrons. The maximum atomic E-state index is 12.4. The number of likely N-dealkylation sites (N-methyl/N-ethyl adjacent to an activating group) is 1. The van der Waals surface area contributed by atoms with Gasteiger partial charge in [-0.15, -0.1) is 0 Å². The molecular weight excluding hydrogens is 266 g/mol. The second-order valence-corrected chi connectivity index (χ2v) is 5.38. The van der Waals surface area contributed by atoms with Gasteiger partial charge in [-0.25, -0.2) is 0 Å². The Kier molecular flexibility index (Phi) is 7.23. The minimum absolute atomic E-state index is 0.00338. The predicted octanol–water partition coefficient (Wildman–Crippen LogP) is 2.69. The molecular formula is C17H27NO3. The molecule has 1 amide bonds. The van der Waals surface area contributed by atoms with E-state index in [0.29, 0.717) is 13.1 Å². The van der Waals surface area contributed by atoms with Gasteiger partial charge in [0.2, 0.25) is 0 Å². The van der Waals surface area contributed by atoms with Gasteiger partial charge in [-0.05, 0) is 57.7 Å². The normalized spacial score (nSPS) is 12.0. The van der Waals surface area contributed by atoms with E-state index >= 15 is 0 Å². The zero-order valence-electron chi connectivity index (χ0n) is 13.6. The van der Waals surface area contributed by atoms with Crippen LogP contribution in [0.15, 0.2) is 18.2 Å². The van der Waals surface area contributed by atoms with Crippen molar-refractivity contribution in [2.75, 3.05) is 19.7 Å². The summed E-state index contributed by atoms with van der Waals surface area (Å²) in [5, 5.41) is 8.82. The van der Waals surface area contributed by atoms with Crippen molar-refractivity contribution < 1.29 is 14.6 Å². The first kappa shape index (κ1) is 17.5. The number of hydrogen-bond acceptors (Lipinski definition) is 3. The molecule has 0 bridgehead atoms. The van der Waals surface area contributed by atoms with Crippen LogP contribution < -0.4 is 4.74 Å². The second kappa shape index (κ2) is 8.67. The Morgan fingerprint density at radius 1 is 1.33 bits per heavy atom. The molecule has 0 aliphatic heterocycles. The van der Waals surface area contributed by atoms with Crippen LogP contribution in [0.2, 0.25) is 0 Å². The Morgan fingerprint density at radius 3 is 2.67 bits per heavy atom. The molecule has 1 N–H and O–H groups in total. The molecule has 1 aromatic carbocycles. The average Bonchev–Trinajstić information content (AvgIpc) is 2.47. The highest BCUT2D eigenvalue weighted by Gasteiger charge is 2.21. The highest BCUT2D eigenvalue weighted by atomic mass is 16.5. The van der Waals surface area contributed by atoms with Crippen LogP contribution in [0.25, 0.3) is 0 Å². The number of benzene rings is 1. The Balaban J connectivity index is 2.65. The molecule has 0 heterocycles. The molecule has 0 fully saturated rings. The molecule has 0 aliphatic rings. The second-order valence-electron chi connectivity index (χ2n) is 5.38. The molecule has 0 saturated heterocycles. The van der Waals surface area contributed by atoms with Crippen LogP contribution >= 0.6 is 0 Å². The minimum atomic E-state index is -0.500. The van der Waals surface area contributed by atoms with Crippen LogP contribution in [0, 0.1) is 13.8 Å². The summed E-state index contributed by atoms with van der Waals surface area (Å²) in [6.07, 6.45) is 1.03. The number of ether oxygens (including phenoxy) is 1. The van der Waals surface area contributed by atoms with Gasteiger partial charge < -0.3 is 14.7 Å². The van der Waals surface area contributed by atoms with E-state index in [-0.39, 0.29) is 12.5 Å². The number of carbonyl (C=O) groups is 1.